The highest BCUT2D eigenvalue weighted by Gasteiger charge is 2.32. The Morgan fingerprint density at radius 3 is 2.68 bits per heavy atom. The molecule has 1 aliphatic rings. The van der Waals surface area contributed by atoms with Crippen LogP contribution >= 0.6 is 0 Å². The number of rotatable bonds is 10. The molecule has 22 heavy (non-hydrogen) atoms. The Morgan fingerprint density at radius 2 is 2.09 bits per heavy atom. The van der Waals surface area contributed by atoms with Crippen molar-refractivity contribution in [3.05, 3.63) is 15.9 Å². The molecule has 1 aliphatic carbocycles. The lowest BCUT2D eigenvalue weighted by Crippen LogP contribution is -2.12. The van der Waals surface area contributed by atoms with Crippen molar-refractivity contribution in [3.8, 4) is 5.88 Å². The average molecular weight is 310 g/mol. The Morgan fingerprint density at radius 1 is 1.32 bits per heavy atom. The highest BCUT2D eigenvalue weighted by molar-refractivity contribution is 5.62. The van der Waals surface area contributed by atoms with E-state index in [1.165, 1.54) is 0 Å². The number of nitrogens with one attached hydrogen (secondary N) is 1. The molecule has 0 aromatic carbocycles. The quantitative estimate of drug-likeness (QED) is 0.402. The molecule has 1 aromatic heterocycles. The van der Waals surface area contributed by atoms with Crippen LogP contribution in [0.5, 0.6) is 5.88 Å². The van der Waals surface area contributed by atoms with Crippen LogP contribution in [0.25, 0.3) is 0 Å². The van der Waals surface area contributed by atoms with Gasteiger partial charge in [-0.1, -0.05) is 0 Å². The number of nitro groups is 1. The van der Waals surface area contributed by atoms with E-state index in [-0.39, 0.29) is 17.4 Å². The van der Waals surface area contributed by atoms with Gasteiger partial charge in [-0.3, -0.25) is 10.1 Å². The molecule has 0 bridgehead atoms. The van der Waals surface area contributed by atoms with Gasteiger partial charge in [0.15, 0.2) is 0 Å². The van der Waals surface area contributed by atoms with E-state index in [1.54, 1.807) is 6.92 Å². The number of aromatic nitrogens is 2. The normalized spacial score (nSPS) is 13.9. The number of hydrogen-bond acceptors (Lipinski definition) is 7. The van der Waals surface area contributed by atoms with Crippen molar-refractivity contribution in [2.45, 2.75) is 39.0 Å². The summed E-state index contributed by atoms with van der Waals surface area (Å²) >= 11 is 0. The minimum absolute atomic E-state index is 0.0525. The van der Waals surface area contributed by atoms with Crippen LogP contribution in [0.15, 0.2) is 0 Å². The maximum atomic E-state index is 11.3. The van der Waals surface area contributed by atoms with Gasteiger partial charge in [-0.15, -0.1) is 0 Å². The van der Waals surface area contributed by atoms with Gasteiger partial charge in [0.25, 0.3) is 5.88 Å². The van der Waals surface area contributed by atoms with Crippen molar-refractivity contribution < 1.29 is 14.4 Å². The minimum Gasteiger partial charge on any atom is -0.473 e. The van der Waals surface area contributed by atoms with Gasteiger partial charge in [0.05, 0.1) is 11.5 Å². The summed E-state index contributed by atoms with van der Waals surface area (Å²) in [5, 5.41) is 14.4. The fraction of sp³-hybridized carbons (Fsp3) is 0.714. The van der Waals surface area contributed by atoms with Gasteiger partial charge in [0.1, 0.15) is 5.82 Å². The van der Waals surface area contributed by atoms with E-state index >= 15 is 0 Å². The van der Waals surface area contributed by atoms with Crippen molar-refractivity contribution in [1.82, 2.24) is 9.97 Å². The lowest BCUT2D eigenvalue weighted by Gasteiger charge is -2.11. The lowest BCUT2D eigenvalue weighted by atomic mass is 10.3. The van der Waals surface area contributed by atoms with E-state index in [0.717, 1.165) is 19.3 Å². The summed E-state index contributed by atoms with van der Waals surface area (Å²) in [5.41, 5.74) is -0.192. The summed E-state index contributed by atoms with van der Waals surface area (Å²) in [4.78, 5) is 19.4. The minimum atomic E-state index is -0.494. The average Bonchev–Trinajstić information content (AvgIpc) is 3.31. The van der Waals surface area contributed by atoms with E-state index in [0.29, 0.717) is 38.1 Å². The smallest absolute Gasteiger partial charge is 0.372 e. The first kappa shape index (κ1) is 16.4. The maximum absolute atomic E-state index is 11.3. The van der Waals surface area contributed by atoms with Crippen molar-refractivity contribution in [2.24, 2.45) is 0 Å². The first-order valence-corrected chi connectivity index (χ1v) is 7.68. The molecular formula is C14H22N4O4. The second-order valence-electron chi connectivity index (χ2n) is 5.03. The first-order chi connectivity index (χ1) is 10.7. The van der Waals surface area contributed by atoms with Crippen LogP contribution in [0.3, 0.4) is 0 Å². The summed E-state index contributed by atoms with van der Waals surface area (Å²) < 4.78 is 10.6. The second-order valence-corrected chi connectivity index (χ2v) is 5.03. The predicted octanol–water partition coefficient (Wildman–Crippen LogP) is 2.50. The van der Waals surface area contributed by atoms with E-state index in [4.69, 9.17) is 9.47 Å². The van der Waals surface area contributed by atoms with Crippen LogP contribution in [0.2, 0.25) is 0 Å². The number of nitrogens with zero attached hydrogens (tertiary/aromatic N) is 3. The lowest BCUT2D eigenvalue weighted by molar-refractivity contribution is -0.385. The molecule has 8 nitrogen and oxygen atoms in total. The summed E-state index contributed by atoms with van der Waals surface area (Å²) in [6, 6.07) is 0. The van der Waals surface area contributed by atoms with Gasteiger partial charge in [0.2, 0.25) is 5.82 Å². The molecule has 0 atom stereocenters. The zero-order valence-electron chi connectivity index (χ0n) is 13.0. The monoisotopic (exact) mass is 310 g/mol. The van der Waals surface area contributed by atoms with E-state index < -0.39 is 4.92 Å². The molecule has 0 unspecified atom stereocenters. The van der Waals surface area contributed by atoms with Gasteiger partial charge >= 0.3 is 5.69 Å². The molecule has 8 heteroatoms. The molecule has 1 heterocycles. The van der Waals surface area contributed by atoms with Crippen LogP contribution in [-0.2, 0) is 4.74 Å². The Balaban J connectivity index is 2.17. The summed E-state index contributed by atoms with van der Waals surface area (Å²) in [6.45, 7) is 5.85. The zero-order valence-corrected chi connectivity index (χ0v) is 13.0. The molecule has 0 saturated heterocycles. The molecule has 122 valence electrons. The van der Waals surface area contributed by atoms with Crippen LogP contribution in [0.4, 0.5) is 11.5 Å². The van der Waals surface area contributed by atoms with E-state index in [2.05, 4.69) is 15.3 Å². The molecule has 1 N–H and O–H groups in total. The first-order valence-electron chi connectivity index (χ1n) is 7.68. The van der Waals surface area contributed by atoms with Crippen molar-refractivity contribution >= 4 is 11.5 Å². The van der Waals surface area contributed by atoms with Crippen molar-refractivity contribution in [2.75, 3.05) is 31.7 Å². The molecule has 1 saturated carbocycles. The van der Waals surface area contributed by atoms with Gasteiger partial charge in [-0.05, 0) is 33.1 Å². The number of hydrogen-bond donors (Lipinski definition) is 1. The molecule has 0 amide bonds. The van der Waals surface area contributed by atoms with E-state index in [1.807, 2.05) is 6.92 Å². The Labute approximate surface area is 129 Å². The van der Waals surface area contributed by atoms with Gasteiger partial charge in [-0.25, -0.2) is 4.98 Å². The third kappa shape index (κ3) is 4.27. The molecular weight excluding hydrogens is 288 g/mol. The Kier molecular flexibility index (Phi) is 5.88. The molecule has 0 aliphatic heterocycles. The SMILES string of the molecule is CCOCCCNc1nc(C2CC2)nc(OCC)c1[N+](=O)[O-]. The number of anilines is 1. The Hall–Kier alpha value is -1.96. The largest absolute Gasteiger partial charge is 0.473 e. The highest BCUT2D eigenvalue weighted by atomic mass is 16.6. The van der Waals surface area contributed by atoms with Crippen LogP contribution in [0.1, 0.15) is 44.9 Å². The van der Waals surface area contributed by atoms with Gasteiger partial charge < -0.3 is 14.8 Å². The van der Waals surface area contributed by atoms with Crippen LogP contribution in [-0.4, -0.2) is 41.3 Å². The van der Waals surface area contributed by atoms with Gasteiger partial charge in [0, 0.05) is 25.7 Å². The topological polar surface area (TPSA) is 99.4 Å². The van der Waals surface area contributed by atoms with E-state index in [9.17, 15) is 10.1 Å². The highest BCUT2D eigenvalue weighted by Crippen LogP contribution is 2.41. The van der Waals surface area contributed by atoms with Crippen LogP contribution in [0, 0.1) is 10.1 Å². The standard InChI is InChI=1S/C14H22N4O4/c1-3-21-9-5-8-15-13-11(18(19)20)14(22-4-2)17-12(16-13)10-6-7-10/h10H,3-9H2,1-2H3,(H,15,16,17). The molecule has 0 radical (unpaired) electrons. The van der Waals surface area contributed by atoms with Crippen LogP contribution < -0.4 is 10.1 Å². The summed E-state index contributed by atoms with van der Waals surface area (Å²) in [7, 11) is 0. The third-order valence-electron chi connectivity index (χ3n) is 3.24. The molecule has 2 rings (SSSR count). The third-order valence-corrected chi connectivity index (χ3v) is 3.24. The summed E-state index contributed by atoms with van der Waals surface area (Å²) in [6.07, 6.45) is 2.79. The van der Waals surface area contributed by atoms with Crippen molar-refractivity contribution in [3.63, 3.8) is 0 Å². The summed E-state index contributed by atoms with van der Waals surface area (Å²) in [5.74, 6) is 1.21. The molecule has 1 fully saturated rings. The fourth-order valence-corrected chi connectivity index (χ4v) is 2.03. The fourth-order valence-electron chi connectivity index (χ4n) is 2.03. The Bertz CT molecular complexity index is 520. The zero-order chi connectivity index (χ0) is 15.9. The molecule has 1 aromatic rings. The molecule has 0 spiro atoms. The van der Waals surface area contributed by atoms with Gasteiger partial charge in [-0.2, -0.15) is 4.98 Å². The van der Waals surface area contributed by atoms with Crippen molar-refractivity contribution in [1.29, 1.82) is 0 Å². The second kappa shape index (κ2) is 7.88. The maximum Gasteiger partial charge on any atom is 0.372 e. The number of ether oxygens (including phenoxy) is 2. The predicted molar refractivity (Wildman–Crippen MR) is 81.4 cm³/mol.